The molecule has 0 amide bonds. The van der Waals surface area contributed by atoms with E-state index in [9.17, 15) is 0 Å². The quantitative estimate of drug-likeness (QED) is 0.397. The van der Waals surface area contributed by atoms with Crippen molar-refractivity contribution in [1.29, 1.82) is 0 Å². The van der Waals surface area contributed by atoms with Gasteiger partial charge in [0, 0.05) is 13.1 Å². The zero-order valence-corrected chi connectivity index (χ0v) is 14.4. The van der Waals surface area contributed by atoms with E-state index >= 15 is 0 Å². The average molecular weight is 304 g/mol. The maximum absolute atomic E-state index is 5.91. The van der Waals surface area contributed by atoms with Crippen molar-refractivity contribution in [3.05, 3.63) is 35.4 Å². The van der Waals surface area contributed by atoms with E-state index in [0.29, 0.717) is 12.5 Å². The molecule has 0 fully saturated rings. The molecule has 1 aromatic carbocycles. The molecule has 0 bridgehead atoms. The van der Waals surface area contributed by atoms with Crippen LogP contribution in [0.1, 0.15) is 50.7 Å². The predicted molar refractivity (Wildman–Crippen MR) is 95.9 cm³/mol. The SMILES string of the molecule is CCCCCCNC(N)=NCc1cccc(CN(C)CC)c1. The van der Waals surface area contributed by atoms with Crippen LogP contribution in [0.3, 0.4) is 0 Å². The summed E-state index contributed by atoms with van der Waals surface area (Å²) in [5, 5.41) is 3.19. The van der Waals surface area contributed by atoms with Gasteiger partial charge in [-0.25, -0.2) is 4.99 Å². The van der Waals surface area contributed by atoms with Crippen molar-refractivity contribution in [3.8, 4) is 0 Å². The molecule has 124 valence electrons. The number of nitrogens with zero attached hydrogens (tertiary/aromatic N) is 2. The molecule has 0 aliphatic rings. The summed E-state index contributed by atoms with van der Waals surface area (Å²) in [6.45, 7) is 7.96. The topological polar surface area (TPSA) is 53.6 Å². The molecule has 0 aromatic heterocycles. The highest BCUT2D eigenvalue weighted by atomic mass is 15.1. The first-order valence-electron chi connectivity index (χ1n) is 8.45. The van der Waals surface area contributed by atoms with Crippen LogP contribution in [-0.4, -0.2) is 31.0 Å². The summed E-state index contributed by atoms with van der Waals surface area (Å²) in [5.74, 6) is 0.549. The first-order chi connectivity index (χ1) is 10.7. The Kier molecular flexibility index (Phi) is 9.31. The Labute approximate surface area is 135 Å². The van der Waals surface area contributed by atoms with Gasteiger partial charge in [-0.1, -0.05) is 57.4 Å². The van der Waals surface area contributed by atoms with Gasteiger partial charge in [-0.3, -0.25) is 0 Å². The fourth-order valence-electron chi connectivity index (χ4n) is 2.25. The molecule has 4 heteroatoms. The number of hydrogen-bond acceptors (Lipinski definition) is 2. The summed E-state index contributed by atoms with van der Waals surface area (Å²) in [4.78, 5) is 6.71. The maximum Gasteiger partial charge on any atom is 0.188 e. The van der Waals surface area contributed by atoms with Crippen LogP contribution in [0.25, 0.3) is 0 Å². The standard InChI is InChI=1S/C18H32N4/c1-4-6-7-8-12-20-18(19)21-14-16-10-9-11-17(13-16)15-22(3)5-2/h9-11,13H,4-8,12,14-15H2,1-3H3,(H3,19,20,21). The second-order valence-electron chi connectivity index (χ2n) is 5.84. The summed E-state index contributed by atoms with van der Waals surface area (Å²) in [6.07, 6.45) is 4.96. The third kappa shape index (κ3) is 8.03. The van der Waals surface area contributed by atoms with Crippen LogP contribution < -0.4 is 11.1 Å². The van der Waals surface area contributed by atoms with E-state index in [1.807, 2.05) is 0 Å². The maximum atomic E-state index is 5.91. The van der Waals surface area contributed by atoms with E-state index in [-0.39, 0.29) is 0 Å². The van der Waals surface area contributed by atoms with Crippen molar-refractivity contribution in [2.24, 2.45) is 10.7 Å². The number of unbranched alkanes of at least 4 members (excludes halogenated alkanes) is 3. The summed E-state index contributed by atoms with van der Waals surface area (Å²) >= 11 is 0. The number of rotatable bonds is 10. The Balaban J connectivity index is 2.39. The van der Waals surface area contributed by atoms with E-state index in [2.05, 4.69) is 60.4 Å². The van der Waals surface area contributed by atoms with Crippen LogP contribution >= 0.6 is 0 Å². The Hall–Kier alpha value is -1.55. The molecule has 22 heavy (non-hydrogen) atoms. The molecule has 0 aliphatic carbocycles. The van der Waals surface area contributed by atoms with Crippen LogP contribution in [0.4, 0.5) is 0 Å². The molecule has 1 aromatic rings. The van der Waals surface area contributed by atoms with Crippen molar-refractivity contribution in [2.45, 2.75) is 52.6 Å². The van der Waals surface area contributed by atoms with Crippen molar-refractivity contribution < 1.29 is 0 Å². The predicted octanol–water partition coefficient (Wildman–Crippen LogP) is 3.12. The van der Waals surface area contributed by atoms with Crippen LogP contribution in [0.15, 0.2) is 29.3 Å². The zero-order valence-electron chi connectivity index (χ0n) is 14.4. The van der Waals surface area contributed by atoms with Crippen molar-refractivity contribution >= 4 is 5.96 Å². The van der Waals surface area contributed by atoms with Gasteiger partial charge in [-0.15, -0.1) is 0 Å². The average Bonchev–Trinajstić information content (AvgIpc) is 2.53. The molecule has 4 nitrogen and oxygen atoms in total. The molecule has 0 aliphatic heterocycles. The highest BCUT2D eigenvalue weighted by Crippen LogP contribution is 2.08. The molecule has 0 atom stereocenters. The lowest BCUT2D eigenvalue weighted by molar-refractivity contribution is 0.345. The molecule has 0 spiro atoms. The van der Waals surface area contributed by atoms with Gasteiger partial charge in [0.15, 0.2) is 5.96 Å². The summed E-state index contributed by atoms with van der Waals surface area (Å²) < 4.78 is 0. The minimum atomic E-state index is 0.549. The van der Waals surface area contributed by atoms with Gasteiger partial charge >= 0.3 is 0 Å². The van der Waals surface area contributed by atoms with Gasteiger partial charge in [-0.05, 0) is 31.1 Å². The van der Waals surface area contributed by atoms with Gasteiger partial charge in [-0.2, -0.15) is 0 Å². The molecule has 0 heterocycles. The molecule has 0 radical (unpaired) electrons. The van der Waals surface area contributed by atoms with Gasteiger partial charge in [0.25, 0.3) is 0 Å². The first-order valence-corrected chi connectivity index (χ1v) is 8.45. The monoisotopic (exact) mass is 304 g/mol. The van der Waals surface area contributed by atoms with Crippen LogP contribution in [0.2, 0.25) is 0 Å². The van der Waals surface area contributed by atoms with Gasteiger partial charge < -0.3 is 16.0 Å². The fourth-order valence-corrected chi connectivity index (χ4v) is 2.25. The van der Waals surface area contributed by atoms with Gasteiger partial charge in [0.1, 0.15) is 0 Å². The van der Waals surface area contributed by atoms with Crippen molar-refractivity contribution in [2.75, 3.05) is 20.1 Å². The molecular weight excluding hydrogens is 272 g/mol. The first kappa shape index (κ1) is 18.5. The van der Waals surface area contributed by atoms with Gasteiger partial charge in [0.2, 0.25) is 0 Å². The number of aliphatic imine (C=N–C) groups is 1. The number of nitrogens with one attached hydrogen (secondary N) is 1. The smallest absolute Gasteiger partial charge is 0.188 e. The number of benzene rings is 1. The van der Waals surface area contributed by atoms with E-state index in [0.717, 1.165) is 26.1 Å². The molecule has 0 unspecified atom stereocenters. The Morgan fingerprint density at radius 1 is 1.18 bits per heavy atom. The molecule has 0 saturated heterocycles. The van der Waals surface area contributed by atoms with Crippen molar-refractivity contribution in [1.82, 2.24) is 10.2 Å². The minimum absolute atomic E-state index is 0.549. The third-order valence-electron chi connectivity index (χ3n) is 3.75. The summed E-state index contributed by atoms with van der Waals surface area (Å²) in [7, 11) is 2.13. The number of nitrogens with two attached hydrogens (primary N) is 1. The normalized spacial score (nSPS) is 11.9. The van der Waals surface area contributed by atoms with Crippen LogP contribution in [0, 0.1) is 0 Å². The Morgan fingerprint density at radius 3 is 2.68 bits per heavy atom. The van der Waals surface area contributed by atoms with Crippen LogP contribution in [-0.2, 0) is 13.1 Å². The number of guanidine groups is 1. The lowest BCUT2D eigenvalue weighted by atomic mass is 10.1. The summed E-state index contributed by atoms with van der Waals surface area (Å²) in [6, 6.07) is 8.57. The minimum Gasteiger partial charge on any atom is -0.370 e. The van der Waals surface area contributed by atoms with E-state index in [1.165, 1.54) is 30.4 Å². The van der Waals surface area contributed by atoms with Crippen LogP contribution in [0.5, 0.6) is 0 Å². The second-order valence-corrected chi connectivity index (χ2v) is 5.84. The largest absolute Gasteiger partial charge is 0.370 e. The second kappa shape index (κ2) is 11.1. The van der Waals surface area contributed by atoms with Gasteiger partial charge in [0.05, 0.1) is 6.54 Å². The number of hydrogen-bond donors (Lipinski definition) is 2. The lowest BCUT2D eigenvalue weighted by Gasteiger charge is -2.14. The molecular formula is C18H32N4. The third-order valence-corrected chi connectivity index (χ3v) is 3.75. The fraction of sp³-hybridized carbons (Fsp3) is 0.611. The molecule has 3 N–H and O–H groups in total. The Morgan fingerprint density at radius 2 is 1.95 bits per heavy atom. The van der Waals surface area contributed by atoms with E-state index in [4.69, 9.17) is 5.73 Å². The lowest BCUT2D eigenvalue weighted by Crippen LogP contribution is -2.32. The Bertz CT molecular complexity index is 442. The highest BCUT2D eigenvalue weighted by Gasteiger charge is 2.00. The van der Waals surface area contributed by atoms with Crippen molar-refractivity contribution in [3.63, 3.8) is 0 Å². The molecule has 1 rings (SSSR count). The highest BCUT2D eigenvalue weighted by molar-refractivity contribution is 5.77. The summed E-state index contributed by atoms with van der Waals surface area (Å²) in [5.41, 5.74) is 8.44. The van der Waals surface area contributed by atoms with E-state index < -0.39 is 0 Å². The zero-order chi connectivity index (χ0) is 16.2. The van der Waals surface area contributed by atoms with E-state index in [1.54, 1.807) is 0 Å². The molecule has 0 saturated carbocycles.